The van der Waals surface area contributed by atoms with E-state index in [-0.39, 0.29) is 30.3 Å². The van der Waals surface area contributed by atoms with Gasteiger partial charge in [0.1, 0.15) is 0 Å². The van der Waals surface area contributed by atoms with Crippen LogP contribution in [-0.2, 0) is 16.0 Å². The molecule has 2 aromatic rings. The van der Waals surface area contributed by atoms with E-state index in [9.17, 15) is 14.4 Å². The number of carbonyl (C=O) groups excluding carboxylic acids is 3. The summed E-state index contributed by atoms with van der Waals surface area (Å²) in [6.07, 6.45) is 1.76. The second-order valence-corrected chi connectivity index (χ2v) is 8.98. The van der Waals surface area contributed by atoms with Crippen molar-refractivity contribution < 1.29 is 14.4 Å². The molecule has 4 rings (SSSR count). The van der Waals surface area contributed by atoms with Gasteiger partial charge < -0.3 is 20.0 Å². The Morgan fingerprint density at radius 1 is 0.970 bits per heavy atom. The van der Waals surface area contributed by atoms with Crippen molar-refractivity contribution in [2.75, 3.05) is 38.0 Å². The van der Waals surface area contributed by atoms with Gasteiger partial charge in [-0.2, -0.15) is 0 Å². The predicted molar refractivity (Wildman–Crippen MR) is 128 cm³/mol. The highest BCUT2D eigenvalue weighted by molar-refractivity contribution is 6.30. The first-order chi connectivity index (χ1) is 15.9. The second-order valence-electron chi connectivity index (χ2n) is 8.54. The number of carbonyl (C=O) groups is 3. The minimum Gasteiger partial charge on any atom is -0.341 e. The van der Waals surface area contributed by atoms with Crippen LogP contribution in [0.15, 0.2) is 48.5 Å². The summed E-state index contributed by atoms with van der Waals surface area (Å²) >= 11 is 6.00. The third kappa shape index (κ3) is 5.47. The van der Waals surface area contributed by atoms with E-state index in [1.54, 1.807) is 36.1 Å². The van der Waals surface area contributed by atoms with Gasteiger partial charge in [0.2, 0.25) is 11.8 Å². The summed E-state index contributed by atoms with van der Waals surface area (Å²) in [5.41, 5.74) is 2.90. The van der Waals surface area contributed by atoms with Crippen molar-refractivity contribution in [3.8, 4) is 0 Å². The monoisotopic (exact) mass is 468 g/mol. The van der Waals surface area contributed by atoms with E-state index < -0.39 is 0 Å². The summed E-state index contributed by atoms with van der Waals surface area (Å²) < 4.78 is 0. The highest BCUT2D eigenvalue weighted by Crippen LogP contribution is 2.33. The molecule has 33 heavy (non-hydrogen) atoms. The topological polar surface area (TPSA) is 73.0 Å². The van der Waals surface area contributed by atoms with Crippen molar-refractivity contribution in [3.63, 3.8) is 0 Å². The third-order valence-electron chi connectivity index (χ3n) is 6.40. The molecule has 0 aromatic heterocycles. The van der Waals surface area contributed by atoms with Crippen molar-refractivity contribution in [2.24, 2.45) is 0 Å². The summed E-state index contributed by atoms with van der Waals surface area (Å²) in [4.78, 5) is 43.6. The first kappa shape index (κ1) is 23.1. The van der Waals surface area contributed by atoms with E-state index in [0.29, 0.717) is 49.9 Å². The minimum absolute atomic E-state index is 0.0120. The van der Waals surface area contributed by atoms with Crippen LogP contribution in [0.1, 0.15) is 36.9 Å². The number of urea groups is 1. The quantitative estimate of drug-likeness (QED) is 0.741. The van der Waals surface area contributed by atoms with Crippen LogP contribution < -0.4 is 5.32 Å². The molecular formula is C25H29ClN4O3. The average Bonchev–Trinajstić information content (AvgIpc) is 3.06. The number of nitrogens with one attached hydrogen (secondary N) is 1. The van der Waals surface area contributed by atoms with E-state index in [0.717, 1.165) is 12.0 Å². The molecule has 2 aliphatic rings. The van der Waals surface area contributed by atoms with Crippen molar-refractivity contribution in [3.05, 3.63) is 64.7 Å². The van der Waals surface area contributed by atoms with Gasteiger partial charge in [0.25, 0.3) is 0 Å². The van der Waals surface area contributed by atoms with Crippen LogP contribution in [0.2, 0.25) is 5.02 Å². The molecule has 2 aliphatic heterocycles. The molecule has 1 fully saturated rings. The summed E-state index contributed by atoms with van der Waals surface area (Å²) in [5.74, 6) is 0.00193. The van der Waals surface area contributed by atoms with Gasteiger partial charge in [-0.1, -0.05) is 41.9 Å². The molecule has 1 N–H and O–H groups in total. The lowest BCUT2D eigenvalue weighted by Gasteiger charge is -2.37. The van der Waals surface area contributed by atoms with Gasteiger partial charge in [-0.05, 0) is 42.2 Å². The van der Waals surface area contributed by atoms with Gasteiger partial charge in [0.05, 0.1) is 12.5 Å². The van der Waals surface area contributed by atoms with Gasteiger partial charge in [0, 0.05) is 50.4 Å². The van der Waals surface area contributed by atoms with Crippen LogP contribution in [0, 0.1) is 0 Å². The Bertz CT molecular complexity index is 1040. The molecule has 4 amide bonds. The van der Waals surface area contributed by atoms with Crippen LogP contribution >= 0.6 is 11.6 Å². The van der Waals surface area contributed by atoms with Gasteiger partial charge in [0.15, 0.2) is 0 Å². The largest absolute Gasteiger partial charge is 0.341 e. The Balaban J connectivity index is 1.39. The lowest BCUT2D eigenvalue weighted by molar-refractivity contribution is -0.136. The molecule has 2 heterocycles. The zero-order valence-electron chi connectivity index (χ0n) is 18.8. The smallest absolute Gasteiger partial charge is 0.321 e. The molecule has 0 saturated carbocycles. The van der Waals surface area contributed by atoms with Crippen LogP contribution in [0.3, 0.4) is 0 Å². The molecule has 1 atom stereocenters. The summed E-state index contributed by atoms with van der Waals surface area (Å²) in [6.45, 7) is 4.28. The minimum atomic E-state index is -0.245. The Hall–Kier alpha value is -3.06. The van der Waals surface area contributed by atoms with E-state index in [4.69, 9.17) is 11.6 Å². The van der Waals surface area contributed by atoms with Crippen molar-refractivity contribution in [1.82, 2.24) is 14.7 Å². The van der Waals surface area contributed by atoms with E-state index in [2.05, 4.69) is 11.4 Å². The summed E-state index contributed by atoms with van der Waals surface area (Å²) in [6, 6.07) is 14.6. The number of amides is 4. The molecule has 1 saturated heterocycles. The Morgan fingerprint density at radius 2 is 1.73 bits per heavy atom. The van der Waals surface area contributed by atoms with Gasteiger partial charge in [-0.3, -0.25) is 9.59 Å². The number of hydrogen-bond acceptors (Lipinski definition) is 3. The first-order valence-corrected chi connectivity index (χ1v) is 11.7. The van der Waals surface area contributed by atoms with Crippen LogP contribution in [0.5, 0.6) is 0 Å². The second kappa shape index (κ2) is 10.3. The SMILES string of the molecule is CC(=O)N1CCc2ccccc2C1CC(=O)N1CCCN(C(=O)Nc2cccc(Cl)c2)CC1. The number of hydrogen-bond donors (Lipinski definition) is 1. The van der Waals surface area contributed by atoms with Crippen LogP contribution in [0.4, 0.5) is 10.5 Å². The number of halogens is 1. The molecule has 174 valence electrons. The van der Waals surface area contributed by atoms with Crippen molar-refractivity contribution in [1.29, 1.82) is 0 Å². The third-order valence-corrected chi connectivity index (χ3v) is 6.63. The lowest BCUT2D eigenvalue weighted by atomic mass is 9.90. The molecule has 1 unspecified atom stereocenters. The molecule has 0 spiro atoms. The Morgan fingerprint density at radius 3 is 2.52 bits per heavy atom. The molecule has 7 nitrogen and oxygen atoms in total. The predicted octanol–water partition coefficient (Wildman–Crippen LogP) is 3.94. The summed E-state index contributed by atoms with van der Waals surface area (Å²) in [7, 11) is 0. The van der Waals surface area contributed by atoms with E-state index in [1.165, 1.54) is 5.56 Å². The number of anilines is 1. The Labute approximate surface area is 199 Å². The number of nitrogens with zero attached hydrogens (tertiary/aromatic N) is 3. The zero-order valence-corrected chi connectivity index (χ0v) is 19.6. The molecule has 0 aliphatic carbocycles. The highest BCUT2D eigenvalue weighted by atomic mass is 35.5. The molecule has 2 aromatic carbocycles. The lowest BCUT2D eigenvalue weighted by Crippen LogP contribution is -2.43. The molecule has 0 bridgehead atoms. The highest BCUT2D eigenvalue weighted by Gasteiger charge is 2.32. The van der Waals surface area contributed by atoms with Crippen molar-refractivity contribution in [2.45, 2.75) is 32.2 Å². The van der Waals surface area contributed by atoms with E-state index in [1.807, 2.05) is 28.0 Å². The van der Waals surface area contributed by atoms with Crippen molar-refractivity contribution >= 4 is 35.1 Å². The fourth-order valence-corrected chi connectivity index (χ4v) is 4.87. The fourth-order valence-electron chi connectivity index (χ4n) is 4.68. The van der Waals surface area contributed by atoms with Crippen LogP contribution in [-0.4, -0.2) is 65.3 Å². The standard InChI is InChI=1S/C25H29ClN4O3/c1-18(31)30-13-10-19-6-2-3-9-22(19)23(30)17-24(32)28-11-5-12-29(15-14-28)25(33)27-21-8-4-7-20(26)16-21/h2-4,6-9,16,23H,5,10-15,17H2,1H3,(H,27,33). The van der Waals surface area contributed by atoms with Gasteiger partial charge in [-0.25, -0.2) is 4.79 Å². The maximum atomic E-state index is 13.3. The summed E-state index contributed by atoms with van der Waals surface area (Å²) in [5, 5.41) is 3.43. The number of fused-ring (bicyclic) bond motifs is 1. The molecule has 0 radical (unpaired) electrons. The average molecular weight is 469 g/mol. The number of rotatable bonds is 3. The maximum Gasteiger partial charge on any atom is 0.321 e. The van der Waals surface area contributed by atoms with Crippen LogP contribution in [0.25, 0.3) is 0 Å². The molecular weight excluding hydrogens is 440 g/mol. The normalized spacial score (nSPS) is 18.4. The Kier molecular flexibility index (Phi) is 7.18. The van der Waals surface area contributed by atoms with Gasteiger partial charge >= 0.3 is 6.03 Å². The molecule has 8 heteroatoms. The zero-order chi connectivity index (χ0) is 23.4. The first-order valence-electron chi connectivity index (χ1n) is 11.4. The van der Waals surface area contributed by atoms with E-state index >= 15 is 0 Å². The van der Waals surface area contributed by atoms with Gasteiger partial charge in [-0.15, -0.1) is 0 Å². The maximum absolute atomic E-state index is 13.3. The fraction of sp³-hybridized carbons (Fsp3) is 0.400. The number of benzene rings is 2.